The Morgan fingerprint density at radius 1 is 1.43 bits per heavy atom. The minimum atomic E-state index is -3.95. The molecule has 0 heterocycles. The van der Waals surface area contributed by atoms with Gasteiger partial charge in [-0.25, -0.2) is 8.42 Å². The summed E-state index contributed by atoms with van der Waals surface area (Å²) >= 11 is 5.60. The van der Waals surface area contributed by atoms with Crippen LogP contribution in [0.1, 0.15) is 0 Å². The van der Waals surface area contributed by atoms with E-state index >= 15 is 0 Å². The molecular formula is C8H7ClO4S. The SMILES string of the molecule is COc1ccc(Cl)cc1S(=O)(=O)C=O. The number of sulfone groups is 1. The van der Waals surface area contributed by atoms with Crippen LogP contribution in [0.5, 0.6) is 5.75 Å². The summed E-state index contributed by atoms with van der Waals surface area (Å²) in [5, 5.41) is 0.228. The topological polar surface area (TPSA) is 60.4 Å². The van der Waals surface area contributed by atoms with E-state index in [9.17, 15) is 13.2 Å². The summed E-state index contributed by atoms with van der Waals surface area (Å²) in [7, 11) is -2.64. The minimum absolute atomic E-state index is 0.0986. The molecule has 0 unspecified atom stereocenters. The van der Waals surface area contributed by atoms with Gasteiger partial charge in [0, 0.05) is 5.02 Å². The van der Waals surface area contributed by atoms with Crippen LogP contribution < -0.4 is 4.74 Å². The largest absolute Gasteiger partial charge is 0.495 e. The van der Waals surface area contributed by atoms with Crippen LogP contribution in [0.2, 0.25) is 5.02 Å². The van der Waals surface area contributed by atoms with Gasteiger partial charge in [-0.1, -0.05) is 11.6 Å². The first-order valence-corrected chi connectivity index (χ1v) is 5.47. The van der Waals surface area contributed by atoms with Crippen LogP contribution in [-0.4, -0.2) is 21.1 Å². The fourth-order valence-electron chi connectivity index (χ4n) is 0.925. The molecule has 6 heteroatoms. The fourth-order valence-corrected chi connectivity index (χ4v) is 1.99. The number of halogens is 1. The quantitative estimate of drug-likeness (QED) is 0.740. The van der Waals surface area contributed by atoms with Crippen molar-refractivity contribution in [2.24, 2.45) is 0 Å². The first-order valence-electron chi connectivity index (χ1n) is 3.55. The molecule has 0 fully saturated rings. The molecule has 0 aliphatic carbocycles. The maximum Gasteiger partial charge on any atom is 0.240 e. The highest BCUT2D eigenvalue weighted by Crippen LogP contribution is 2.26. The van der Waals surface area contributed by atoms with Crippen LogP contribution >= 0.6 is 11.6 Å². The number of carbonyl (C=O) groups excluding carboxylic acids is 1. The number of rotatable bonds is 3. The lowest BCUT2D eigenvalue weighted by atomic mass is 10.3. The van der Waals surface area contributed by atoms with Crippen LogP contribution in [0.15, 0.2) is 23.1 Å². The fraction of sp³-hybridized carbons (Fsp3) is 0.125. The standard InChI is InChI=1S/C8H7ClO4S/c1-13-7-3-2-6(9)4-8(7)14(11,12)5-10/h2-5H,1H3. The highest BCUT2D eigenvalue weighted by atomic mass is 35.5. The maximum absolute atomic E-state index is 11.2. The number of carbonyl (C=O) groups is 1. The van der Waals surface area contributed by atoms with Crippen LogP contribution in [0, 0.1) is 0 Å². The maximum atomic E-state index is 11.2. The Morgan fingerprint density at radius 3 is 2.57 bits per heavy atom. The normalized spacial score (nSPS) is 11.0. The van der Waals surface area contributed by atoms with E-state index in [1.807, 2.05) is 0 Å². The summed E-state index contributed by atoms with van der Waals surface area (Å²) in [6.07, 6.45) is 0. The van der Waals surface area contributed by atoms with Crippen molar-refractivity contribution in [3.05, 3.63) is 23.2 Å². The van der Waals surface area contributed by atoms with Gasteiger partial charge in [0.2, 0.25) is 15.5 Å². The molecule has 0 bridgehead atoms. The molecule has 0 saturated heterocycles. The molecule has 0 aliphatic rings. The van der Waals surface area contributed by atoms with Crippen molar-refractivity contribution < 1.29 is 17.9 Å². The molecule has 1 aromatic rings. The lowest BCUT2D eigenvalue weighted by molar-refractivity contribution is 0.403. The molecule has 14 heavy (non-hydrogen) atoms. The van der Waals surface area contributed by atoms with Gasteiger partial charge < -0.3 is 4.74 Å². The van der Waals surface area contributed by atoms with E-state index in [4.69, 9.17) is 16.3 Å². The molecule has 0 amide bonds. The van der Waals surface area contributed by atoms with Gasteiger partial charge in [-0.2, -0.15) is 0 Å². The Morgan fingerprint density at radius 2 is 2.07 bits per heavy atom. The van der Waals surface area contributed by atoms with Gasteiger partial charge in [0.25, 0.3) is 0 Å². The third-order valence-corrected chi connectivity index (χ3v) is 2.98. The molecule has 76 valence electrons. The summed E-state index contributed by atoms with van der Waals surface area (Å²) in [5.41, 5.74) is -0.138. The van der Waals surface area contributed by atoms with E-state index in [1.54, 1.807) is 0 Å². The lowest BCUT2D eigenvalue weighted by Crippen LogP contribution is -2.03. The number of benzene rings is 1. The lowest BCUT2D eigenvalue weighted by Gasteiger charge is -2.05. The van der Waals surface area contributed by atoms with E-state index in [2.05, 4.69) is 0 Å². The Bertz CT molecular complexity index is 452. The first-order chi connectivity index (χ1) is 6.51. The average Bonchev–Trinajstić information content (AvgIpc) is 2.18. The molecule has 0 aromatic heterocycles. The summed E-state index contributed by atoms with van der Waals surface area (Å²) < 4.78 is 27.2. The van der Waals surface area contributed by atoms with E-state index in [0.717, 1.165) is 0 Å². The Balaban J connectivity index is 3.46. The van der Waals surface area contributed by atoms with Crippen molar-refractivity contribution in [2.75, 3.05) is 7.11 Å². The molecule has 4 nitrogen and oxygen atoms in total. The van der Waals surface area contributed by atoms with Crippen molar-refractivity contribution in [1.29, 1.82) is 0 Å². The molecule has 0 spiro atoms. The zero-order valence-corrected chi connectivity index (χ0v) is 8.80. The molecule has 1 aromatic carbocycles. The highest BCUT2D eigenvalue weighted by molar-refractivity contribution is 8.04. The number of hydrogen-bond acceptors (Lipinski definition) is 4. The predicted molar refractivity (Wildman–Crippen MR) is 51.9 cm³/mol. The van der Waals surface area contributed by atoms with Gasteiger partial charge in [-0.15, -0.1) is 0 Å². The third kappa shape index (κ3) is 2.05. The van der Waals surface area contributed by atoms with Gasteiger partial charge in [-0.3, -0.25) is 4.79 Å². The van der Waals surface area contributed by atoms with Crippen LogP contribution in [0.25, 0.3) is 0 Å². The Kier molecular flexibility index (Phi) is 3.13. The van der Waals surface area contributed by atoms with Gasteiger partial charge in [0.05, 0.1) is 7.11 Å². The second kappa shape index (κ2) is 3.98. The van der Waals surface area contributed by atoms with Crippen molar-refractivity contribution in [3.8, 4) is 5.75 Å². The van der Waals surface area contributed by atoms with Crippen LogP contribution in [0.3, 0.4) is 0 Å². The van der Waals surface area contributed by atoms with Gasteiger partial charge in [0.15, 0.2) is 0 Å². The second-order valence-electron chi connectivity index (χ2n) is 2.44. The molecule has 0 N–H and O–H groups in total. The monoisotopic (exact) mass is 234 g/mol. The Labute approximate surface area is 86.4 Å². The number of methoxy groups -OCH3 is 1. The van der Waals surface area contributed by atoms with Crippen molar-refractivity contribution >= 4 is 27.1 Å². The van der Waals surface area contributed by atoms with E-state index in [0.29, 0.717) is 0 Å². The average molecular weight is 235 g/mol. The smallest absolute Gasteiger partial charge is 0.240 e. The zero-order chi connectivity index (χ0) is 10.8. The van der Waals surface area contributed by atoms with Gasteiger partial charge in [-0.05, 0) is 18.2 Å². The number of ether oxygens (including phenoxy) is 1. The van der Waals surface area contributed by atoms with Crippen molar-refractivity contribution in [2.45, 2.75) is 4.90 Å². The van der Waals surface area contributed by atoms with E-state index in [1.165, 1.54) is 25.3 Å². The van der Waals surface area contributed by atoms with Crippen LogP contribution in [-0.2, 0) is 14.6 Å². The summed E-state index contributed by atoms with van der Waals surface area (Å²) in [5.74, 6) is 0.0986. The molecule has 1 rings (SSSR count). The van der Waals surface area contributed by atoms with E-state index < -0.39 is 9.84 Å². The third-order valence-electron chi connectivity index (χ3n) is 1.56. The highest BCUT2D eigenvalue weighted by Gasteiger charge is 2.18. The first kappa shape index (κ1) is 11.0. The minimum Gasteiger partial charge on any atom is -0.495 e. The van der Waals surface area contributed by atoms with E-state index in [-0.39, 0.29) is 21.3 Å². The predicted octanol–water partition coefficient (Wildman–Crippen LogP) is 1.31. The van der Waals surface area contributed by atoms with Gasteiger partial charge in [0.1, 0.15) is 10.6 Å². The summed E-state index contributed by atoms with van der Waals surface area (Å²) in [6.45, 7) is 0. The summed E-state index contributed by atoms with van der Waals surface area (Å²) in [4.78, 5) is 10.1. The second-order valence-corrected chi connectivity index (χ2v) is 4.60. The summed E-state index contributed by atoms with van der Waals surface area (Å²) in [6, 6.07) is 4.03. The zero-order valence-electron chi connectivity index (χ0n) is 7.23. The molecular weight excluding hydrogens is 228 g/mol. The van der Waals surface area contributed by atoms with Gasteiger partial charge >= 0.3 is 0 Å². The molecule has 0 atom stereocenters. The van der Waals surface area contributed by atoms with Crippen molar-refractivity contribution in [3.63, 3.8) is 0 Å². The number of hydrogen-bond donors (Lipinski definition) is 0. The molecule has 0 saturated carbocycles. The van der Waals surface area contributed by atoms with Crippen molar-refractivity contribution in [1.82, 2.24) is 0 Å². The Hall–Kier alpha value is -1.07. The molecule has 0 radical (unpaired) electrons. The molecule has 0 aliphatic heterocycles. The van der Waals surface area contributed by atoms with Crippen LogP contribution in [0.4, 0.5) is 0 Å².